The second kappa shape index (κ2) is 6.41. The summed E-state index contributed by atoms with van der Waals surface area (Å²) in [6.45, 7) is 2.33. The molecule has 0 heterocycles. The average Bonchev–Trinajstić information content (AvgIpc) is 3.22. The fourth-order valence-electron chi connectivity index (χ4n) is 1.98. The predicted octanol–water partition coefficient (Wildman–Crippen LogP) is 1.44. The summed E-state index contributed by atoms with van der Waals surface area (Å²) < 4.78 is 0. The molecule has 0 aliphatic heterocycles. The van der Waals surface area contributed by atoms with Gasteiger partial charge in [-0.05, 0) is 37.5 Å². The molecule has 2 amide bonds. The van der Waals surface area contributed by atoms with Crippen molar-refractivity contribution in [2.75, 3.05) is 18.9 Å². The van der Waals surface area contributed by atoms with Crippen LogP contribution in [-0.4, -0.2) is 31.4 Å². The molecule has 0 spiro atoms. The standard InChI is InChI=1S/C15H21N3O2/c1-10-3-6-12(13(9-10)16-2)15(20)17-8-7-14(19)18-11-4-5-11/h3,6,9,11,16H,4-5,7-8H2,1-2H3,(H,17,20)(H,18,19). The van der Waals surface area contributed by atoms with Crippen LogP contribution in [0.3, 0.4) is 0 Å². The highest BCUT2D eigenvalue weighted by atomic mass is 16.2. The largest absolute Gasteiger partial charge is 0.387 e. The minimum Gasteiger partial charge on any atom is -0.387 e. The maximum atomic E-state index is 12.1. The second-order valence-electron chi connectivity index (χ2n) is 5.15. The van der Waals surface area contributed by atoms with Gasteiger partial charge in [0, 0.05) is 31.7 Å². The molecule has 20 heavy (non-hydrogen) atoms. The summed E-state index contributed by atoms with van der Waals surface area (Å²) in [5.74, 6) is -0.154. The van der Waals surface area contributed by atoms with Gasteiger partial charge in [-0.3, -0.25) is 9.59 Å². The Hall–Kier alpha value is -2.04. The van der Waals surface area contributed by atoms with E-state index >= 15 is 0 Å². The molecule has 1 aromatic rings. The van der Waals surface area contributed by atoms with Crippen molar-refractivity contribution >= 4 is 17.5 Å². The number of aryl methyl sites for hydroxylation is 1. The van der Waals surface area contributed by atoms with Gasteiger partial charge >= 0.3 is 0 Å². The fraction of sp³-hybridized carbons (Fsp3) is 0.467. The lowest BCUT2D eigenvalue weighted by molar-refractivity contribution is -0.121. The highest BCUT2D eigenvalue weighted by Crippen LogP contribution is 2.18. The van der Waals surface area contributed by atoms with Crippen molar-refractivity contribution < 1.29 is 9.59 Å². The normalized spacial score (nSPS) is 13.7. The van der Waals surface area contributed by atoms with E-state index in [-0.39, 0.29) is 11.8 Å². The predicted molar refractivity (Wildman–Crippen MR) is 78.8 cm³/mol. The zero-order chi connectivity index (χ0) is 14.5. The number of hydrogen-bond donors (Lipinski definition) is 3. The quantitative estimate of drug-likeness (QED) is 0.735. The first-order valence-electron chi connectivity index (χ1n) is 6.96. The van der Waals surface area contributed by atoms with E-state index in [1.165, 1.54) is 0 Å². The van der Waals surface area contributed by atoms with Crippen LogP contribution in [0.15, 0.2) is 18.2 Å². The molecule has 1 aliphatic carbocycles. The summed E-state index contributed by atoms with van der Waals surface area (Å²) >= 11 is 0. The summed E-state index contributed by atoms with van der Waals surface area (Å²) in [6, 6.07) is 5.98. The van der Waals surface area contributed by atoms with Gasteiger partial charge in [-0.1, -0.05) is 6.07 Å². The summed E-state index contributed by atoms with van der Waals surface area (Å²) in [5, 5.41) is 8.68. The molecule has 1 aliphatic rings. The lowest BCUT2D eigenvalue weighted by atomic mass is 10.1. The molecule has 0 radical (unpaired) electrons. The molecule has 3 N–H and O–H groups in total. The van der Waals surface area contributed by atoms with Gasteiger partial charge in [-0.25, -0.2) is 0 Å². The highest BCUT2D eigenvalue weighted by molar-refractivity contribution is 5.99. The van der Waals surface area contributed by atoms with Crippen molar-refractivity contribution in [3.8, 4) is 0 Å². The Kier molecular flexibility index (Phi) is 4.61. The van der Waals surface area contributed by atoms with Crippen molar-refractivity contribution in [3.63, 3.8) is 0 Å². The van der Waals surface area contributed by atoms with Crippen LogP contribution in [0.1, 0.15) is 35.2 Å². The fourth-order valence-corrected chi connectivity index (χ4v) is 1.98. The zero-order valence-electron chi connectivity index (χ0n) is 12.0. The highest BCUT2D eigenvalue weighted by Gasteiger charge is 2.22. The van der Waals surface area contributed by atoms with Gasteiger partial charge in [0.15, 0.2) is 0 Å². The number of amides is 2. The number of rotatable bonds is 6. The lowest BCUT2D eigenvalue weighted by Gasteiger charge is -2.10. The Bertz CT molecular complexity index is 510. The van der Waals surface area contributed by atoms with Gasteiger partial charge in [0.05, 0.1) is 5.56 Å². The number of hydrogen-bond acceptors (Lipinski definition) is 3. The number of carbonyl (C=O) groups excluding carboxylic acids is 2. The molecule has 0 atom stereocenters. The van der Waals surface area contributed by atoms with Gasteiger partial charge in [0.25, 0.3) is 5.91 Å². The van der Waals surface area contributed by atoms with Crippen molar-refractivity contribution in [2.24, 2.45) is 0 Å². The lowest BCUT2D eigenvalue weighted by Crippen LogP contribution is -2.31. The minimum absolute atomic E-state index is 0.00514. The first-order chi connectivity index (χ1) is 9.60. The van der Waals surface area contributed by atoms with E-state index in [0.29, 0.717) is 24.6 Å². The third-order valence-electron chi connectivity index (χ3n) is 3.27. The molecule has 0 saturated heterocycles. The van der Waals surface area contributed by atoms with E-state index in [9.17, 15) is 9.59 Å². The SMILES string of the molecule is CNc1cc(C)ccc1C(=O)NCCC(=O)NC1CC1. The molecule has 0 unspecified atom stereocenters. The van der Waals surface area contributed by atoms with Gasteiger partial charge < -0.3 is 16.0 Å². The Morgan fingerprint density at radius 3 is 2.70 bits per heavy atom. The molecule has 1 aromatic carbocycles. The van der Waals surface area contributed by atoms with Crippen LogP contribution < -0.4 is 16.0 Å². The van der Waals surface area contributed by atoms with E-state index in [1.807, 2.05) is 19.1 Å². The van der Waals surface area contributed by atoms with Crippen molar-refractivity contribution in [1.29, 1.82) is 0 Å². The van der Waals surface area contributed by atoms with Crippen molar-refractivity contribution in [1.82, 2.24) is 10.6 Å². The van der Waals surface area contributed by atoms with Crippen molar-refractivity contribution in [2.45, 2.75) is 32.2 Å². The monoisotopic (exact) mass is 275 g/mol. The zero-order valence-corrected chi connectivity index (χ0v) is 12.0. The van der Waals surface area contributed by atoms with Gasteiger partial charge in [0.1, 0.15) is 0 Å². The Morgan fingerprint density at radius 2 is 2.05 bits per heavy atom. The maximum Gasteiger partial charge on any atom is 0.253 e. The van der Waals surface area contributed by atoms with E-state index in [2.05, 4.69) is 16.0 Å². The Labute approximate surface area is 119 Å². The molecular weight excluding hydrogens is 254 g/mol. The molecule has 2 rings (SSSR count). The van der Waals surface area contributed by atoms with Gasteiger partial charge in [-0.2, -0.15) is 0 Å². The second-order valence-corrected chi connectivity index (χ2v) is 5.15. The third-order valence-corrected chi connectivity index (χ3v) is 3.27. The number of carbonyl (C=O) groups is 2. The van der Waals surface area contributed by atoms with E-state index in [1.54, 1.807) is 13.1 Å². The molecule has 5 nitrogen and oxygen atoms in total. The van der Waals surface area contributed by atoms with Gasteiger partial charge in [-0.15, -0.1) is 0 Å². The topological polar surface area (TPSA) is 70.2 Å². The molecule has 108 valence electrons. The first kappa shape index (κ1) is 14.4. The molecular formula is C15H21N3O2. The van der Waals surface area contributed by atoms with E-state index in [4.69, 9.17) is 0 Å². The summed E-state index contributed by atoms with van der Waals surface area (Å²) in [7, 11) is 1.79. The van der Waals surface area contributed by atoms with Crippen LogP contribution >= 0.6 is 0 Å². The maximum absolute atomic E-state index is 12.1. The number of anilines is 1. The van der Waals surface area contributed by atoms with Gasteiger partial charge in [0.2, 0.25) is 5.91 Å². The molecule has 0 aromatic heterocycles. The minimum atomic E-state index is -0.159. The van der Waals surface area contributed by atoms with Crippen LogP contribution in [0.5, 0.6) is 0 Å². The smallest absolute Gasteiger partial charge is 0.253 e. The first-order valence-corrected chi connectivity index (χ1v) is 6.96. The molecule has 1 saturated carbocycles. The molecule has 0 bridgehead atoms. The summed E-state index contributed by atoms with van der Waals surface area (Å²) in [5.41, 5.74) is 2.49. The Balaban J connectivity index is 1.83. The number of nitrogens with one attached hydrogen (secondary N) is 3. The van der Waals surface area contributed by atoms with Crippen LogP contribution in [0.2, 0.25) is 0 Å². The molecule has 1 fully saturated rings. The van der Waals surface area contributed by atoms with Crippen LogP contribution in [-0.2, 0) is 4.79 Å². The summed E-state index contributed by atoms with van der Waals surface area (Å²) in [6.07, 6.45) is 2.48. The number of benzene rings is 1. The molecule has 5 heteroatoms. The van der Waals surface area contributed by atoms with Crippen LogP contribution in [0.4, 0.5) is 5.69 Å². The van der Waals surface area contributed by atoms with E-state index < -0.39 is 0 Å². The summed E-state index contributed by atoms with van der Waals surface area (Å²) in [4.78, 5) is 23.6. The van der Waals surface area contributed by atoms with E-state index in [0.717, 1.165) is 24.1 Å². The average molecular weight is 275 g/mol. The van der Waals surface area contributed by atoms with Crippen LogP contribution in [0, 0.1) is 6.92 Å². The Morgan fingerprint density at radius 1 is 1.30 bits per heavy atom. The third kappa shape index (κ3) is 3.98. The van der Waals surface area contributed by atoms with Crippen molar-refractivity contribution in [3.05, 3.63) is 29.3 Å². The van der Waals surface area contributed by atoms with Crippen LogP contribution in [0.25, 0.3) is 0 Å².